The van der Waals surface area contributed by atoms with Crippen molar-refractivity contribution in [3.05, 3.63) is 92.3 Å². The summed E-state index contributed by atoms with van der Waals surface area (Å²) < 4.78 is 39.3. The van der Waals surface area contributed by atoms with Crippen LogP contribution in [0.2, 0.25) is 0 Å². The molecule has 0 saturated heterocycles. The number of hydrogen-bond donors (Lipinski definition) is 2. The first-order valence-electron chi connectivity index (χ1n) is 10.5. The number of carbonyl (C=O) groups is 2. The van der Waals surface area contributed by atoms with Gasteiger partial charge in [-0.05, 0) is 55.8 Å². The van der Waals surface area contributed by atoms with Gasteiger partial charge in [0, 0.05) is 24.2 Å². The summed E-state index contributed by atoms with van der Waals surface area (Å²) in [4.78, 5) is 35.0. The summed E-state index contributed by atoms with van der Waals surface area (Å²) in [7, 11) is 0. The molecule has 35 heavy (non-hydrogen) atoms. The second-order valence-corrected chi connectivity index (χ2v) is 7.72. The van der Waals surface area contributed by atoms with Crippen LogP contribution in [-0.2, 0) is 12.7 Å². The fraction of sp³-hybridized carbons (Fsp3) is 0.261. The summed E-state index contributed by atoms with van der Waals surface area (Å²) in [6, 6.07) is 10.5. The van der Waals surface area contributed by atoms with Gasteiger partial charge in [0.15, 0.2) is 0 Å². The lowest BCUT2D eigenvalue weighted by atomic mass is 10.1. The molecule has 184 valence electrons. The number of aromatic nitrogens is 2. The zero-order valence-corrected chi connectivity index (χ0v) is 18.8. The molecule has 2 N–H and O–H groups in total. The van der Waals surface area contributed by atoms with Crippen LogP contribution in [0.3, 0.4) is 0 Å². The molecule has 0 aliphatic heterocycles. The summed E-state index contributed by atoms with van der Waals surface area (Å²) in [5.74, 6) is -0.927. The lowest BCUT2D eigenvalue weighted by Gasteiger charge is -2.09. The summed E-state index contributed by atoms with van der Waals surface area (Å²) in [5.41, 5.74) is 1.15. The maximum absolute atomic E-state index is 12.6. The van der Waals surface area contributed by atoms with E-state index in [4.69, 9.17) is 0 Å². The number of rotatable bonds is 8. The van der Waals surface area contributed by atoms with Crippen molar-refractivity contribution >= 4 is 17.5 Å². The van der Waals surface area contributed by atoms with Crippen LogP contribution < -0.4 is 10.6 Å². The van der Waals surface area contributed by atoms with Crippen molar-refractivity contribution < 1.29 is 27.7 Å². The number of alkyl halides is 3. The molecule has 0 saturated carbocycles. The zero-order valence-electron chi connectivity index (χ0n) is 18.8. The lowest BCUT2D eigenvalue weighted by molar-refractivity contribution is -0.386. The Morgan fingerprint density at radius 2 is 1.43 bits per heavy atom. The van der Waals surface area contributed by atoms with Gasteiger partial charge in [0.05, 0.1) is 17.0 Å². The van der Waals surface area contributed by atoms with E-state index >= 15 is 0 Å². The molecule has 2 aromatic carbocycles. The average molecular weight is 489 g/mol. The molecule has 0 atom stereocenters. The van der Waals surface area contributed by atoms with E-state index in [2.05, 4.69) is 15.7 Å². The van der Waals surface area contributed by atoms with Gasteiger partial charge in [-0.3, -0.25) is 24.4 Å². The van der Waals surface area contributed by atoms with Gasteiger partial charge in [-0.25, -0.2) is 0 Å². The van der Waals surface area contributed by atoms with Crippen molar-refractivity contribution in [1.82, 2.24) is 20.4 Å². The Morgan fingerprint density at radius 3 is 1.86 bits per heavy atom. The SMILES string of the molecule is Cc1nn(Cc2ccc(C(=O)NCCNC(=O)c3ccc(C(F)(F)F)cc3)cc2)c(C)c1[N+](=O)[O-]. The second kappa shape index (κ2) is 10.4. The van der Waals surface area contributed by atoms with Crippen LogP contribution in [0.5, 0.6) is 0 Å². The third-order valence-corrected chi connectivity index (χ3v) is 5.24. The monoisotopic (exact) mass is 489 g/mol. The van der Waals surface area contributed by atoms with Crippen LogP contribution in [0.1, 0.15) is 43.2 Å². The van der Waals surface area contributed by atoms with Crippen LogP contribution in [0.25, 0.3) is 0 Å². The molecule has 3 rings (SSSR count). The molecule has 0 aliphatic rings. The highest BCUT2D eigenvalue weighted by Crippen LogP contribution is 2.29. The van der Waals surface area contributed by atoms with Crippen molar-refractivity contribution in [2.75, 3.05) is 13.1 Å². The molecule has 0 bridgehead atoms. The molecule has 0 fully saturated rings. The Morgan fingerprint density at radius 1 is 0.943 bits per heavy atom. The van der Waals surface area contributed by atoms with E-state index in [0.29, 0.717) is 23.5 Å². The summed E-state index contributed by atoms with van der Waals surface area (Å²) in [5, 5.41) is 20.5. The summed E-state index contributed by atoms with van der Waals surface area (Å²) >= 11 is 0. The van der Waals surface area contributed by atoms with E-state index in [0.717, 1.165) is 29.8 Å². The predicted octanol–water partition coefficient (Wildman–Crippen LogP) is 3.64. The van der Waals surface area contributed by atoms with E-state index in [1.165, 1.54) is 4.68 Å². The van der Waals surface area contributed by atoms with Gasteiger partial charge in [0.2, 0.25) is 0 Å². The minimum Gasteiger partial charge on any atom is -0.350 e. The molecule has 0 unspecified atom stereocenters. The number of nitro groups is 1. The van der Waals surface area contributed by atoms with Gasteiger partial charge in [0.25, 0.3) is 11.8 Å². The molecule has 0 radical (unpaired) electrons. The van der Waals surface area contributed by atoms with E-state index in [1.54, 1.807) is 38.1 Å². The molecular weight excluding hydrogens is 467 g/mol. The molecule has 9 nitrogen and oxygen atoms in total. The predicted molar refractivity (Wildman–Crippen MR) is 120 cm³/mol. The van der Waals surface area contributed by atoms with Gasteiger partial charge in [0.1, 0.15) is 11.4 Å². The van der Waals surface area contributed by atoms with E-state index in [9.17, 15) is 32.9 Å². The number of halogens is 3. The highest BCUT2D eigenvalue weighted by molar-refractivity contribution is 5.95. The lowest BCUT2D eigenvalue weighted by Crippen LogP contribution is -2.34. The van der Waals surface area contributed by atoms with Crippen molar-refractivity contribution in [3.8, 4) is 0 Å². The maximum Gasteiger partial charge on any atom is 0.416 e. The number of nitrogens with one attached hydrogen (secondary N) is 2. The van der Waals surface area contributed by atoms with Crippen molar-refractivity contribution in [1.29, 1.82) is 0 Å². The molecule has 0 spiro atoms. The van der Waals surface area contributed by atoms with Gasteiger partial charge in [-0.15, -0.1) is 0 Å². The molecule has 2 amide bonds. The van der Waals surface area contributed by atoms with Crippen molar-refractivity contribution in [3.63, 3.8) is 0 Å². The molecule has 1 aromatic heterocycles. The third-order valence-electron chi connectivity index (χ3n) is 5.24. The Bertz CT molecular complexity index is 1240. The minimum atomic E-state index is -4.48. The smallest absolute Gasteiger partial charge is 0.350 e. The van der Waals surface area contributed by atoms with Crippen molar-refractivity contribution in [2.45, 2.75) is 26.6 Å². The first-order chi connectivity index (χ1) is 16.5. The highest BCUT2D eigenvalue weighted by atomic mass is 19.4. The number of benzene rings is 2. The molecule has 12 heteroatoms. The topological polar surface area (TPSA) is 119 Å². The van der Waals surface area contributed by atoms with E-state index in [1.807, 2.05) is 0 Å². The van der Waals surface area contributed by atoms with Gasteiger partial charge >= 0.3 is 11.9 Å². The Hall–Kier alpha value is -4.22. The van der Waals surface area contributed by atoms with E-state index < -0.39 is 22.6 Å². The number of hydrogen-bond acceptors (Lipinski definition) is 5. The number of carbonyl (C=O) groups excluding carboxylic acids is 2. The highest BCUT2D eigenvalue weighted by Gasteiger charge is 2.30. The van der Waals surface area contributed by atoms with Crippen LogP contribution in [0.4, 0.5) is 18.9 Å². The van der Waals surface area contributed by atoms with Crippen molar-refractivity contribution in [2.24, 2.45) is 0 Å². The Kier molecular flexibility index (Phi) is 7.52. The van der Waals surface area contributed by atoms with Crippen LogP contribution in [-0.4, -0.2) is 39.6 Å². The maximum atomic E-state index is 12.6. The standard InChI is InChI=1S/C23H22F3N5O4/c1-14-20(31(34)35)15(2)30(29-14)13-16-3-5-17(6-4-16)21(32)27-11-12-28-22(33)18-7-9-19(10-8-18)23(24,25)26/h3-10H,11-13H2,1-2H3,(H,27,32)(H,28,33). The Labute approximate surface area is 198 Å². The van der Waals surface area contributed by atoms with Gasteiger partial charge < -0.3 is 10.6 Å². The fourth-order valence-corrected chi connectivity index (χ4v) is 3.41. The average Bonchev–Trinajstić information content (AvgIpc) is 3.09. The van der Waals surface area contributed by atoms with Crippen LogP contribution in [0, 0.1) is 24.0 Å². The van der Waals surface area contributed by atoms with Crippen LogP contribution >= 0.6 is 0 Å². The number of amides is 2. The summed E-state index contributed by atoms with van der Waals surface area (Å²) in [6.07, 6.45) is -4.48. The molecular formula is C23H22F3N5O4. The largest absolute Gasteiger partial charge is 0.416 e. The summed E-state index contributed by atoms with van der Waals surface area (Å²) in [6.45, 7) is 3.69. The first-order valence-corrected chi connectivity index (χ1v) is 10.5. The van der Waals surface area contributed by atoms with E-state index in [-0.39, 0.29) is 30.2 Å². The molecule has 3 aromatic rings. The third kappa shape index (κ3) is 6.22. The normalized spacial score (nSPS) is 11.2. The second-order valence-electron chi connectivity index (χ2n) is 7.72. The van der Waals surface area contributed by atoms with Gasteiger partial charge in [-0.1, -0.05) is 12.1 Å². The van der Waals surface area contributed by atoms with Crippen LogP contribution in [0.15, 0.2) is 48.5 Å². The number of nitrogens with zero attached hydrogens (tertiary/aromatic N) is 3. The van der Waals surface area contributed by atoms with Gasteiger partial charge in [-0.2, -0.15) is 18.3 Å². The minimum absolute atomic E-state index is 0.0218. The fourth-order valence-electron chi connectivity index (χ4n) is 3.41. The quantitative estimate of drug-likeness (QED) is 0.285. The molecule has 0 aliphatic carbocycles. The molecule has 1 heterocycles. The first kappa shape index (κ1) is 25.4. The number of aryl methyl sites for hydroxylation is 1. The Balaban J connectivity index is 1.48. The zero-order chi connectivity index (χ0) is 25.8.